The lowest BCUT2D eigenvalue weighted by Crippen LogP contribution is -2.34. The first-order valence-electron chi connectivity index (χ1n) is 7.84. The summed E-state index contributed by atoms with van der Waals surface area (Å²) in [5.41, 5.74) is 1.67. The zero-order valence-electron chi connectivity index (χ0n) is 13.8. The van der Waals surface area contributed by atoms with Crippen molar-refractivity contribution < 1.29 is 19.1 Å². The molecule has 0 saturated carbocycles. The number of ether oxygens (including phenoxy) is 1. The molecule has 0 radical (unpaired) electrons. The van der Waals surface area contributed by atoms with Crippen molar-refractivity contribution in [3.8, 4) is 5.69 Å². The van der Waals surface area contributed by atoms with Gasteiger partial charge in [-0.05, 0) is 55.1 Å². The van der Waals surface area contributed by atoms with Gasteiger partial charge in [0.15, 0.2) is 0 Å². The summed E-state index contributed by atoms with van der Waals surface area (Å²) in [7, 11) is 0. The number of halogens is 1. The smallest absolute Gasteiger partial charge is 0.326 e. The predicted molar refractivity (Wildman–Crippen MR) is 103 cm³/mol. The van der Waals surface area contributed by atoms with Crippen molar-refractivity contribution in [3.63, 3.8) is 0 Å². The molecule has 3 rings (SSSR count). The van der Waals surface area contributed by atoms with Crippen LogP contribution in [-0.4, -0.2) is 39.7 Å². The third-order valence-corrected chi connectivity index (χ3v) is 5.01. The minimum Gasteiger partial charge on any atom is -0.465 e. The van der Waals surface area contributed by atoms with Crippen molar-refractivity contribution in [2.24, 2.45) is 0 Å². The summed E-state index contributed by atoms with van der Waals surface area (Å²) in [4.78, 5) is 37.3. The van der Waals surface area contributed by atoms with E-state index in [1.165, 1.54) is 0 Å². The fourth-order valence-corrected chi connectivity index (χ4v) is 3.69. The van der Waals surface area contributed by atoms with E-state index in [1.54, 1.807) is 13.0 Å². The van der Waals surface area contributed by atoms with Crippen LogP contribution in [0.1, 0.15) is 12.6 Å². The van der Waals surface area contributed by atoms with Crippen LogP contribution >= 0.6 is 27.7 Å². The van der Waals surface area contributed by atoms with Gasteiger partial charge in [-0.15, -0.1) is 0 Å². The van der Waals surface area contributed by atoms with Crippen LogP contribution in [0.2, 0.25) is 0 Å². The molecule has 2 aromatic rings. The summed E-state index contributed by atoms with van der Waals surface area (Å²) in [6, 6.07) is 11.4. The van der Waals surface area contributed by atoms with Crippen LogP contribution in [0.25, 0.3) is 11.8 Å². The second-order valence-corrected chi connectivity index (χ2v) is 7.26. The number of hydrogen-bond acceptors (Lipinski definition) is 5. The molecule has 0 atom stereocenters. The van der Waals surface area contributed by atoms with E-state index in [-0.39, 0.29) is 18.1 Å². The van der Waals surface area contributed by atoms with Crippen molar-refractivity contribution >= 4 is 50.9 Å². The molecular weight excluding hydrogens is 420 g/mol. The van der Waals surface area contributed by atoms with E-state index in [4.69, 9.17) is 4.74 Å². The van der Waals surface area contributed by atoms with Gasteiger partial charge in [-0.1, -0.05) is 22.0 Å². The predicted octanol–water partition coefficient (Wildman–Crippen LogP) is 3.84. The Kier molecular flexibility index (Phi) is 5.63. The summed E-state index contributed by atoms with van der Waals surface area (Å²) in [6.07, 6.45) is 3.52. The first-order chi connectivity index (χ1) is 12.5. The van der Waals surface area contributed by atoms with Gasteiger partial charge in [-0.2, -0.15) is 0 Å². The number of esters is 1. The van der Waals surface area contributed by atoms with E-state index in [9.17, 15) is 14.4 Å². The van der Waals surface area contributed by atoms with Crippen LogP contribution < -0.4 is 0 Å². The first-order valence-corrected chi connectivity index (χ1v) is 9.45. The topological polar surface area (TPSA) is 68.6 Å². The van der Waals surface area contributed by atoms with Gasteiger partial charge < -0.3 is 9.30 Å². The van der Waals surface area contributed by atoms with Crippen LogP contribution in [0.5, 0.6) is 0 Å². The fraction of sp³-hybridized carbons (Fsp3) is 0.167. The number of aromatic nitrogens is 1. The maximum Gasteiger partial charge on any atom is 0.326 e. The molecule has 134 valence electrons. The van der Waals surface area contributed by atoms with Gasteiger partial charge in [0.05, 0.1) is 11.5 Å². The molecule has 0 bridgehead atoms. The molecule has 6 nitrogen and oxygen atoms in total. The molecular formula is C18H15BrN2O4S. The second kappa shape index (κ2) is 7.92. The highest BCUT2D eigenvalue weighted by molar-refractivity contribution is 9.10. The number of carbonyl (C=O) groups excluding carboxylic acids is 3. The van der Waals surface area contributed by atoms with Crippen LogP contribution in [0.3, 0.4) is 0 Å². The summed E-state index contributed by atoms with van der Waals surface area (Å²) < 4.78 is 7.65. The van der Waals surface area contributed by atoms with Gasteiger partial charge in [-0.25, -0.2) is 0 Å². The third-order valence-electron chi connectivity index (χ3n) is 3.61. The number of imide groups is 1. The number of rotatable bonds is 5. The minimum atomic E-state index is -0.603. The Balaban J connectivity index is 1.86. The zero-order valence-corrected chi connectivity index (χ0v) is 16.2. The van der Waals surface area contributed by atoms with E-state index in [0.717, 1.165) is 32.5 Å². The number of thioether (sulfide) groups is 1. The van der Waals surface area contributed by atoms with Gasteiger partial charge in [0.25, 0.3) is 11.1 Å². The summed E-state index contributed by atoms with van der Waals surface area (Å²) in [6.45, 7) is 1.50. The van der Waals surface area contributed by atoms with Gasteiger partial charge in [0.1, 0.15) is 6.54 Å². The standard InChI is InChI=1S/C18H15BrN2O4S/c1-2-25-16(22)11-21-17(23)15(26-18(21)24)10-14-7-4-8-20(14)13-6-3-5-12(19)9-13/h3-10H,2,11H2,1H3/b15-10-. The largest absolute Gasteiger partial charge is 0.465 e. The molecule has 1 aromatic carbocycles. The van der Waals surface area contributed by atoms with Crippen LogP contribution in [-0.2, 0) is 14.3 Å². The highest BCUT2D eigenvalue weighted by atomic mass is 79.9. The van der Waals surface area contributed by atoms with E-state index in [0.29, 0.717) is 0 Å². The van der Waals surface area contributed by atoms with Crippen molar-refractivity contribution in [1.82, 2.24) is 9.47 Å². The Morgan fingerprint density at radius 3 is 2.81 bits per heavy atom. The molecule has 0 spiro atoms. The highest BCUT2D eigenvalue weighted by Gasteiger charge is 2.36. The van der Waals surface area contributed by atoms with E-state index in [1.807, 2.05) is 47.2 Å². The lowest BCUT2D eigenvalue weighted by Gasteiger charge is -2.11. The molecule has 0 aliphatic carbocycles. The average molecular weight is 435 g/mol. The molecule has 1 aliphatic heterocycles. The normalized spacial score (nSPS) is 15.8. The molecule has 2 amide bonds. The molecule has 1 aromatic heterocycles. The van der Waals surface area contributed by atoms with Crippen LogP contribution in [0.4, 0.5) is 4.79 Å². The maximum absolute atomic E-state index is 12.5. The Labute approximate surface area is 162 Å². The third kappa shape index (κ3) is 3.91. The molecule has 2 heterocycles. The Hall–Kier alpha value is -2.32. The Morgan fingerprint density at radius 1 is 1.27 bits per heavy atom. The van der Waals surface area contributed by atoms with E-state index >= 15 is 0 Å². The Bertz CT molecular complexity index is 906. The number of amides is 2. The van der Waals surface area contributed by atoms with E-state index < -0.39 is 17.1 Å². The van der Waals surface area contributed by atoms with Crippen molar-refractivity contribution in [3.05, 3.63) is 57.7 Å². The van der Waals surface area contributed by atoms with Crippen LogP contribution in [0.15, 0.2) is 52.0 Å². The Morgan fingerprint density at radius 2 is 2.08 bits per heavy atom. The van der Waals surface area contributed by atoms with Crippen molar-refractivity contribution in [1.29, 1.82) is 0 Å². The monoisotopic (exact) mass is 434 g/mol. The molecule has 0 unspecified atom stereocenters. The van der Waals surface area contributed by atoms with Crippen molar-refractivity contribution in [2.75, 3.05) is 13.2 Å². The number of carbonyl (C=O) groups is 3. The lowest BCUT2D eigenvalue weighted by atomic mass is 10.3. The number of nitrogens with zero attached hydrogens (tertiary/aromatic N) is 2. The fourth-order valence-electron chi connectivity index (χ4n) is 2.48. The summed E-state index contributed by atoms with van der Waals surface area (Å²) >= 11 is 4.25. The van der Waals surface area contributed by atoms with Crippen LogP contribution in [0, 0.1) is 0 Å². The van der Waals surface area contributed by atoms with E-state index in [2.05, 4.69) is 15.9 Å². The van der Waals surface area contributed by atoms with Gasteiger partial charge in [-0.3, -0.25) is 19.3 Å². The number of benzene rings is 1. The molecule has 26 heavy (non-hydrogen) atoms. The molecule has 1 aliphatic rings. The molecule has 1 fully saturated rings. The minimum absolute atomic E-state index is 0.199. The highest BCUT2D eigenvalue weighted by Crippen LogP contribution is 2.32. The number of hydrogen-bond donors (Lipinski definition) is 0. The first kappa shape index (κ1) is 18.5. The SMILES string of the molecule is CCOC(=O)CN1C(=O)S/C(=C\c2cccn2-c2cccc(Br)c2)C1=O. The van der Waals surface area contributed by atoms with Gasteiger partial charge in [0, 0.05) is 22.1 Å². The van der Waals surface area contributed by atoms with Crippen molar-refractivity contribution in [2.45, 2.75) is 6.92 Å². The second-order valence-electron chi connectivity index (χ2n) is 5.36. The summed E-state index contributed by atoms with van der Waals surface area (Å²) in [5, 5.41) is -0.477. The molecule has 0 N–H and O–H groups in total. The maximum atomic E-state index is 12.5. The average Bonchev–Trinajstić information content (AvgIpc) is 3.16. The van der Waals surface area contributed by atoms with Gasteiger partial charge in [0.2, 0.25) is 0 Å². The lowest BCUT2D eigenvalue weighted by molar-refractivity contribution is -0.145. The summed E-state index contributed by atoms with van der Waals surface area (Å²) in [5.74, 6) is -1.09. The zero-order chi connectivity index (χ0) is 18.7. The molecule has 8 heteroatoms. The van der Waals surface area contributed by atoms with Gasteiger partial charge >= 0.3 is 5.97 Å². The quantitative estimate of drug-likeness (QED) is 0.528. The molecule has 1 saturated heterocycles.